The van der Waals surface area contributed by atoms with Gasteiger partial charge in [-0.1, -0.05) is 46.5 Å². The lowest BCUT2D eigenvalue weighted by Gasteiger charge is -2.46. The Morgan fingerprint density at radius 3 is 2.02 bits per heavy atom. The van der Waals surface area contributed by atoms with Crippen molar-refractivity contribution in [2.75, 3.05) is 13.2 Å². The molecule has 3 aliphatic rings. The number of ether oxygens (including phenoxy) is 5. The van der Waals surface area contributed by atoms with E-state index in [4.69, 9.17) is 23.7 Å². The Balaban J connectivity index is 1.43. The third kappa shape index (κ3) is 8.65. The highest BCUT2D eigenvalue weighted by atomic mass is 16.7. The van der Waals surface area contributed by atoms with Gasteiger partial charge in [0.25, 0.3) is 0 Å². The van der Waals surface area contributed by atoms with Crippen molar-refractivity contribution in [2.45, 2.75) is 167 Å². The van der Waals surface area contributed by atoms with E-state index in [1.807, 2.05) is 20.8 Å². The fourth-order valence-electron chi connectivity index (χ4n) is 7.25. The van der Waals surface area contributed by atoms with Crippen LogP contribution in [0.3, 0.4) is 0 Å². The molecule has 12 heteroatoms. The number of rotatable bonds is 14. The molecule has 0 aliphatic carbocycles. The van der Waals surface area contributed by atoms with E-state index in [9.17, 15) is 35.7 Å². The van der Waals surface area contributed by atoms with E-state index in [1.165, 1.54) is 25.7 Å². The first kappa shape index (κ1) is 39.2. The maximum Gasteiger partial charge on any atom is 0.229 e. The first-order valence-electron chi connectivity index (χ1n) is 17.7. The average molecular weight is 685 g/mol. The highest BCUT2D eigenvalue weighted by Crippen LogP contribution is 2.46. The molecule has 0 bridgehead atoms. The van der Waals surface area contributed by atoms with Gasteiger partial charge in [0, 0.05) is 5.56 Å². The molecule has 0 aromatic heterocycles. The predicted molar refractivity (Wildman–Crippen MR) is 177 cm³/mol. The van der Waals surface area contributed by atoms with Crippen LogP contribution < -0.4 is 9.47 Å². The van der Waals surface area contributed by atoms with E-state index in [0.29, 0.717) is 11.7 Å². The fourth-order valence-corrected chi connectivity index (χ4v) is 7.25. The second-order valence-corrected chi connectivity index (χ2v) is 15.0. The molecule has 12 nitrogen and oxygen atoms in total. The van der Waals surface area contributed by atoms with Crippen LogP contribution in [0, 0.1) is 32.6 Å². The van der Waals surface area contributed by atoms with Gasteiger partial charge in [-0.3, -0.25) is 0 Å². The summed E-state index contributed by atoms with van der Waals surface area (Å²) in [5.41, 5.74) is 3.33. The van der Waals surface area contributed by atoms with Crippen molar-refractivity contribution >= 4 is 0 Å². The zero-order chi connectivity index (χ0) is 35.5. The van der Waals surface area contributed by atoms with E-state index < -0.39 is 74.6 Å². The molecule has 0 spiro atoms. The van der Waals surface area contributed by atoms with Crippen LogP contribution in [0.4, 0.5) is 0 Å². The van der Waals surface area contributed by atoms with Crippen LogP contribution >= 0.6 is 0 Å². The van der Waals surface area contributed by atoms with Gasteiger partial charge in [-0.15, -0.1) is 0 Å². The highest BCUT2D eigenvalue weighted by molar-refractivity contribution is 5.59. The highest BCUT2D eigenvalue weighted by Gasteiger charge is 2.51. The van der Waals surface area contributed by atoms with Crippen LogP contribution in [0.5, 0.6) is 11.5 Å². The van der Waals surface area contributed by atoms with Gasteiger partial charge in [0.15, 0.2) is 6.29 Å². The maximum absolute atomic E-state index is 11.1. The molecule has 12 atom stereocenters. The molecule has 2 saturated heterocycles. The summed E-state index contributed by atoms with van der Waals surface area (Å²) in [4.78, 5) is 0. The Morgan fingerprint density at radius 1 is 0.750 bits per heavy atom. The van der Waals surface area contributed by atoms with Crippen LogP contribution in [0.2, 0.25) is 0 Å². The predicted octanol–water partition coefficient (Wildman–Crippen LogP) is 2.33. The smallest absolute Gasteiger partial charge is 0.229 e. The largest absolute Gasteiger partial charge is 0.487 e. The first-order chi connectivity index (χ1) is 22.6. The van der Waals surface area contributed by atoms with E-state index in [1.54, 1.807) is 0 Å². The summed E-state index contributed by atoms with van der Waals surface area (Å²) in [6, 6.07) is 0. The quantitative estimate of drug-likeness (QED) is 0.152. The Labute approximate surface area is 284 Å². The maximum atomic E-state index is 11.1. The zero-order valence-electron chi connectivity index (χ0n) is 29.7. The lowest BCUT2D eigenvalue weighted by atomic mass is 9.84. The topological polar surface area (TPSA) is 188 Å². The summed E-state index contributed by atoms with van der Waals surface area (Å²) in [6.45, 7) is 13.6. The molecule has 48 heavy (non-hydrogen) atoms. The van der Waals surface area contributed by atoms with Gasteiger partial charge in [0.1, 0.15) is 65.9 Å². The molecule has 0 amide bonds. The number of aliphatic hydroxyl groups excluding tert-OH is 7. The Hall–Kier alpha value is -1.58. The Bertz CT molecular complexity index is 1190. The lowest BCUT2D eigenvalue weighted by molar-refractivity contribution is -0.352. The number of hydrogen-bond acceptors (Lipinski definition) is 12. The van der Waals surface area contributed by atoms with Gasteiger partial charge in [-0.2, -0.15) is 0 Å². The molecule has 0 radical (unpaired) electrons. The molecule has 4 rings (SSSR count). The van der Waals surface area contributed by atoms with Gasteiger partial charge in [-0.25, -0.2) is 0 Å². The van der Waals surface area contributed by atoms with Crippen molar-refractivity contribution in [3.63, 3.8) is 0 Å². The Kier molecular flexibility index (Phi) is 13.6. The van der Waals surface area contributed by atoms with E-state index >= 15 is 0 Å². The molecule has 3 heterocycles. The Morgan fingerprint density at radius 2 is 1.38 bits per heavy atom. The molecule has 1 aromatic carbocycles. The number of benzene rings is 1. The van der Waals surface area contributed by atoms with Gasteiger partial charge in [-0.05, 0) is 81.9 Å². The van der Waals surface area contributed by atoms with Crippen LogP contribution in [-0.2, 0) is 20.6 Å². The standard InChI is InChI=1S/C36H60O12/c1-18(2)10-8-11-19(3)12-9-14-36(7)15-13-23-22(6)31(20(4)21(5)32(23)48-36)46-35-30(43)28(41)33(25(17-38)45-35)47-34-29(42)27(40)26(39)24(16-37)44-34/h18-19,24-30,33-35,37-43H,8-17H2,1-7H3/t19-,24-,25-,26-,27+,28-,29-,30-,33-,34-,35+,36-/m1/s1. The van der Waals surface area contributed by atoms with Crippen molar-refractivity contribution < 1.29 is 59.4 Å². The first-order valence-corrected chi connectivity index (χ1v) is 17.7. The molecule has 276 valence electrons. The van der Waals surface area contributed by atoms with Gasteiger partial charge < -0.3 is 59.4 Å². The van der Waals surface area contributed by atoms with E-state index in [0.717, 1.165) is 59.6 Å². The summed E-state index contributed by atoms with van der Waals surface area (Å²) >= 11 is 0. The average Bonchev–Trinajstić information content (AvgIpc) is 3.04. The van der Waals surface area contributed by atoms with Gasteiger partial charge in [0.05, 0.1) is 13.2 Å². The van der Waals surface area contributed by atoms with Crippen LogP contribution in [0.15, 0.2) is 0 Å². The third-order valence-electron chi connectivity index (χ3n) is 10.6. The zero-order valence-corrected chi connectivity index (χ0v) is 29.7. The van der Waals surface area contributed by atoms with Gasteiger partial charge in [0.2, 0.25) is 6.29 Å². The van der Waals surface area contributed by atoms with Gasteiger partial charge >= 0.3 is 0 Å². The minimum Gasteiger partial charge on any atom is -0.487 e. The van der Waals surface area contributed by atoms with E-state index in [-0.39, 0.29) is 5.60 Å². The van der Waals surface area contributed by atoms with Crippen LogP contribution in [0.25, 0.3) is 0 Å². The SMILES string of the molecule is Cc1c(C)c2c(c(C)c1O[C@@H]1O[C@H](CO)[C@@H](O[C@H]3O[C@H](CO)[C@@H](O)[C@H](O)[C@H]3O)[C@H](O)[C@H]1O)CC[C@@](C)(CCC[C@H](C)CCCC(C)C)O2. The molecule has 7 N–H and O–H groups in total. The fraction of sp³-hybridized carbons (Fsp3) is 0.833. The molecular formula is C36H60O12. The summed E-state index contributed by atoms with van der Waals surface area (Å²) in [5.74, 6) is 2.81. The number of hydrogen-bond donors (Lipinski definition) is 7. The summed E-state index contributed by atoms with van der Waals surface area (Å²) in [6.07, 6.45) is -6.43. The number of aliphatic hydroxyl groups is 7. The van der Waals surface area contributed by atoms with Crippen molar-refractivity contribution in [1.29, 1.82) is 0 Å². The van der Waals surface area contributed by atoms with Crippen LogP contribution in [-0.4, -0.2) is 116 Å². The summed E-state index contributed by atoms with van der Waals surface area (Å²) in [7, 11) is 0. The minimum atomic E-state index is -1.74. The van der Waals surface area contributed by atoms with Crippen molar-refractivity contribution in [2.24, 2.45) is 11.8 Å². The monoisotopic (exact) mass is 684 g/mol. The molecule has 2 fully saturated rings. The minimum absolute atomic E-state index is 0.270. The van der Waals surface area contributed by atoms with Crippen LogP contribution in [0.1, 0.15) is 94.9 Å². The van der Waals surface area contributed by atoms with Crippen molar-refractivity contribution in [3.8, 4) is 11.5 Å². The van der Waals surface area contributed by atoms with Crippen molar-refractivity contribution in [3.05, 3.63) is 22.3 Å². The molecule has 0 unspecified atom stereocenters. The summed E-state index contributed by atoms with van der Waals surface area (Å²) in [5, 5.41) is 72.5. The second kappa shape index (κ2) is 16.6. The molecule has 1 aromatic rings. The van der Waals surface area contributed by atoms with E-state index in [2.05, 4.69) is 27.7 Å². The normalized spacial score (nSPS) is 36.1. The summed E-state index contributed by atoms with van der Waals surface area (Å²) < 4.78 is 30.0. The molecule has 3 aliphatic heterocycles. The molecular weight excluding hydrogens is 624 g/mol. The van der Waals surface area contributed by atoms with Crippen molar-refractivity contribution in [1.82, 2.24) is 0 Å². The lowest BCUT2D eigenvalue weighted by Crippen LogP contribution is -2.65. The molecule has 0 saturated carbocycles. The second-order valence-electron chi connectivity index (χ2n) is 15.0. The number of fused-ring (bicyclic) bond motifs is 1. The third-order valence-corrected chi connectivity index (χ3v) is 10.6.